The number of ether oxygens (including phenoxy) is 1. The van der Waals surface area contributed by atoms with Gasteiger partial charge < -0.3 is 19.9 Å². The molecule has 20 heavy (non-hydrogen) atoms. The molecule has 0 bridgehead atoms. The lowest BCUT2D eigenvalue weighted by molar-refractivity contribution is -0.129. The highest BCUT2D eigenvalue weighted by Crippen LogP contribution is 2.10. The molecule has 2 rings (SSSR count). The summed E-state index contributed by atoms with van der Waals surface area (Å²) in [6.45, 7) is 4.45. The fourth-order valence-corrected chi connectivity index (χ4v) is 2.95. The maximum absolute atomic E-state index is 12.0. The third kappa shape index (κ3) is 4.86. The first kappa shape index (κ1) is 15.4. The van der Waals surface area contributed by atoms with Crippen molar-refractivity contribution in [2.45, 2.75) is 12.6 Å². The number of amides is 1. The Labute approximate surface area is 124 Å². The summed E-state index contributed by atoms with van der Waals surface area (Å²) in [5.41, 5.74) is 0. The highest BCUT2D eigenvalue weighted by Gasteiger charge is 2.18. The summed E-state index contributed by atoms with van der Waals surface area (Å²) in [6, 6.07) is 4.06. The van der Waals surface area contributed by atoms with Crippen LogP contribution in [0.25, 0.3) is 0 Å². The number of carbonyl (C=O) groups is 1. The molecule has 0 aliphatic carbocycles. The Hall–Kier alpha value is -0.950. The zero-order valence-electron chi connectivity index (χ0n) is 12.2. The van der Waals surface area contributed by atoms with Crippen LogP contribution >= 0.6 is 11.3 Å². The van der Waals surface area contributed by atoms with E-state index in [1.165, 1.54) is 4.88 Å². The van der Waals surface area contributed by atoms with Crippen molar-refractivity contribution < 1.29 is 9.53 Å². The molecule has 0 spiro atoms. The number of rotatable bonds is 6. The van der Waals surface area contributed by atoms with Crippen LogP contribution in [0.2, 0.25) is 0 Å². The minimum Gasteiger partial charge on any atom is -0.374 e. The van der Waals surface area contributed by atoms with Crippen LogP contribution in [-0.4, -0.2) is 68.7 Å². The molecule has 1 aromatic heterocycles. The first-order valence-electron chi connectivity index (χ1n) is 6.92. The zero-order chi connectivity index (χ0) is 14.4. The predicted molar refractivity (Wildman–Crippen MR) is 80.9 cm³/mol. The Bertz CT molecular complexity index is 411. The summed E-state index contributed by atoms with van der Waals surface area (Å²) in [5, 5.41) is 5.23. The molecule has 1 fully saturated rings. The minimum absolute atomic E-state index is 0.113. The normalized spacial score (nSPS) is 20.0. The van der Waals surface area contributed by atoms with E-state index in [1.807, 2.05) is 24.6 Å². The number of hydrogen-bond donors (Lipinski definition) is 1. The number of thiophene rings is 1. The molecule has 1 amide bonds. The topological polar surface area (TPSA) is 44.8 Å². The second-order valence-electron chi connectivity index (χ2n) is 5.22. The Morgan fingerprint density at radius 2 is 2.50 bits per heavy atom. The van der Waals surface area contributed by atoms with Crippen LogP contribution in [0, 0.1) is 0 Å². The monoisotopic (exact) mass is 297 g/mol. The van der Waals surface area contributed by atoms with E-state index in [-0.39, 0.29) is 12.0 Å². The van der Waals surface area contributed by atoms with E-state index in [1.54, 1.807) is 16.2 Å². The molecule has 0 saturated carbocycles. The summed E-state index contributed by atoms with van der Waals surface area (Å²) >= 11 is 1.68. The second-order valence-corrected chi connectivity index (χ2v) is 6.25. The molecular weight excluding hydrogens is 274 g/mol. The van der Waals surface area contributed by atoms with Crippen LogP contribution in [0.15, 0.2) is 17.5 Å². The standard InChI is InChI=1S/C14H23N3O2S/c1-16-5-6-19-12(10-16)8-15-9-14(18)17(2)11-13-4-3-7-20-13/h3-4,7,12,15H,5-6,8-11H2,1-2H3. The zero-order valence-corrected chi connectivity index (χ0v) is 13.0. The lowest BCUT2D eigenvalue weighted by Gasteiger charge is -2.30. The van der Waals surface area contributed by atoms with Gasteiger partial charge in [-0.3, -0.25) is 4.79 Å². The van der Waals surface area contributed by atoms with Gasteiger partial charge in [0, 0.05) is 31.6 Å². The van der Waals surface area contributed by atoms with Gasteiger partial charge >= 0.3 is 0 Å². The van der Waals surface area contributed by atoms with Crippen LogP contribution in [0.3, 0.4) is 0 Å². The van der Waals surface area contributed by atoms with Gasteiger partial charge in [-0.1, -0.05) is 6.07 Å². The van der Waals surface area contributed by atoms with E-state index >= 15 is 0 Å². The fraction of sp³-hybridized carbons (Fsp3) is 0.643. The van der Waals surface area contributed by atoms with E-state index in [0.29, 0.717) is 13.1 Å². The van der Waals surface area contributed by atoms with Gasteiger partial charge in [0.25, 0.3) is 0 Å². The molecule has 1 aliphatic rings. The summed E-state index contributed by atoms with van der Waals surface area (Å²) in [5.74, 6) is 0.113. The quantitative estimate of drug-likeness (QED) is 0.836. The van der Waals surface area contributed by atoms with Crippen LogP contribution in [-0.2, 0) is 16.1 Å². The van der Waals surface area contributed by atoms with Gasteiger partial charge in [0.05, 0.1) is 25.8 Å². The first-order chi connectivity index (χ1) is 9.65. The molecule has 6 heteroatoms. The van der Waals surface area contributed by atoms with E-state index in [0.717, 1.165) is 26.2 Å². The minimum atomic E-state index is 0.113. The summed E-state index contributed by atoms with van der Waals surface area (Å²) in [6.07, 6.45) is 0.184. The van der Waals surface area contributed by atoms with Crippen molar-refractivity contribution in [3.63, 3.8) is 0 Å². The predicted octanol–water partition coefficient (Wildman–Crippen LogP) is 0.627. The van der Waals surface area contributed by atoms with Gasteiger partial charge in [-0.05, 0) is 18.5 Å². The molecule has 5 nitrogen and oxygen atoms in total. The highest BCUT2D eigenvalue weighted by molar-refractivity contribution is 7.09. The molecule has 112 valence electrons. The lowest BCUT2D eigenvalue weighted by Crippen LogP contribution is -2.46. The van der Waals surface area contributed by atoms with Crippen molar-refractivity contribution in [1.29, 1.82) is 0 Å². The van der Waals surface area contributed by atoms with Crippen molar-refractivity contribution in [3.8, 4) is 0 Å². The molecule has 1 aliphatic heterocycles. The van der Waals surface area contributed by atoms with Gasteiger partial charge in [0.2, 0.25) is 5.91 Å². The summed E-state index contributed by atoms with van der Waals surface area (Å²) < 4.78 is 5.65. The van der Waals surface area contributed by atoms with Crippen LogP contribution in [0.1, 0.15) is 4.88 Å². The molecule has 1 aromatic rings. The Balaban J connectivity index is 1.64. The summed E-state index contributed by atoms with van der Waals surface area (Å²) in [4.78, 5) is 17.2. The van der Waals surface area contributed by atoms with Gasteiger partial charge in [-0.2, -0.15) is 0 Å². The molecule has 1 unspecified atom stereocenters. The number of carbonyl (C=O) groups excluding carboxylic acids is 1. The number of likely N-dealkylation sites (N-methyl/N-ethyl adjacent to an activating group) is 2. The maximum atomic E-state index is 12.0. The Morgan fingerprint density at radius 3 is 3.20 bits per heavy atom. The van der Waals surface area contributed by atoms with Crippen LogP contribution < -0.4 is 5.32 Å². The van der Waals surface area contributed by atoms with Gasteiger partial charge in [0.15, 0.2) is 0 Å². The smallest absolute Gasteiger partial charge is 0.236 e. The molecule has 0 aromatic carbocycles. The van der Waals surface area contributed by atoms with Crippen molar-refractivity contribution in [2.75, 3.05) is 46.9 Å². The molecule has 0 radical (unpaired) electrons. The van der Waals surface area contributed by atoms with Gasteiger partial charge in [-0.25, -0.2) is 0 Å². The molecule has 1 saturated heterocycles. The molecule has 2 heterocycles. The maximum Gasteiger partial charge on any atom is 0.236 e. The average Bonchev–Trinajstić information content (AvgIpc) is 2.91. The SMILES string of the molecule is CN1CCOC(CNCC(=O)N(C)Cc2cccs2)C1. The van der Waals surface area contributed by atoms with Gasteiger partial charge in [-0.15, -0.1) is 11.3 Å². The van der Waals surface area contributed by atoms with E-state index in [2.05, 4.69) is 17.3 Å². The highest BCUT2D eigenvalue weighted by atomic mass is 32.1. The van der Waals surface area contributed by atoms with Crippen LogP contribution in [0.4, 0.5) is 0 Å². The average molecular weight is 297 g/mol. The first-order valence-corrected chi connectivity index (χ1v) is 7.80. The molecular formula is C14H23N3O2S. The second kappa shape index (κ2) is 7.73. The largest absolute Gasteiger partial charge is 0.374 e. The van der Waals surface area contributed by atoms with Crippen LogP contribution in [0.5, 0.6) is 0 Å². The third-order valence-electron chi connectivity index (χ3n) is 3.39. The number of nitrogens with one attached hydrogen (secondary N) is 1. The van der Waals surface area contributed by atoms with E-state index < -0.39 is 0 Å². The number of hydrogen-bond acceptors (Lipinski definition) is 5. The van der Waals surface area contributed by atoms with Crippen molar-refractivity contribution in [3.05, 3.63) is 22.4 Å². The van der Waals surface area contributed by atoms with Crippen molar-refractivity contribution >= 4 is 17.2 Å². The number of nitrogens with zero attached hydrogens (tertiary/aromatic N) is 2. The third-order valence-corrected chi connectivity index (χ3v) is 4.25. The lowest BCUT2D eigenvalue weighted by atomic mass is 10.3. The van der Waals surface area contributed by atoms with Gasteiger partial charge in [0.1, 0.15) is 0 Å². The van der Waals surface area contributed by atoms with Crippen molar-refractivity contribution in [2.24, 2.45) is 0 Å². The molecule has 1 N–H and O–H groups in total. The summed E-state index contributed by atoms with van der Waals surface area (Å²) in [7, 11) is 3.93. The van der Waals surface area contributed by atoms with E-state index in [4.69, 9.17) is 4.74 Å². The Kier molecular flexibility index (Phi) is 5.97. The Morgan fingerprint density at radius 1 is 1.65 bits per heavy atom. The van der Waals surface area contributed by atoms with Crippen molar-refractivity contribution in [1.82, 2.24) is 15.1 Å². The van der Waals surface area contributed by atoms with E-state index in [9.17, 15) is 4.79 Å². The molecule has 1 atom stereocenters. The fourth-order valence-electron chi connectivity index (χ4n) is 2.19. The number of morpholine rings is 1.